The quantitative estimate of drug-likeness (QED) is 0.874. The Bertz CT molecular complexity index is 591. The molecule has 0 saturated carbocycles. The van der Waals surface area contributed by atoms with Crippen LogP contribution >= 0.6 is 0 Å². The summed E-state index contributed by atoms with van der Waals surface area (Å²) in [7, 11) is 0. The smallest absolute Gasteiger partial charge is 0.223 e. The zero-order valence-corrected chi connectivity index (χ0v) is 11.4. The number of nitrogen functional groups attached to an aromatic ring is 2. The summed E-state index contributed by atoms with van der Waals surface area (Å²) in [5, 5.41) is 0. The number of hydrogen-bond acceptors (Lipinski definition) is 5. The third kappa shape index (κ3) is 2.39. The lowest BCUT2D eigenvalue weighted by Gasteiger charge is -2.29. The van der Waals surface area contributed by atoms with Gasteiger partial charge in [-0.3, -0.25) is 0 Å². The molecule has 1 aromatic heterocycles. The zero-order chi connectivity index (χ0) is 13.9. The van der Waals surface area contributed by atoms with Gasteiger partial charge < -0.3 is 16.4 Å². The Morgan fingerprint density at radius 3 is 2.30 bits per heavy atom. The van der Waals surface area contributed by atoms with Gasteiger partial charge >= 0.3 is 0 Å². The van der Waals surface area contributed by atoms with Crippen molar-refractivity contribution in [2.45, 2.75) is 19.3 Å². The lowest BCUT2D eigenvalue weighted by molar-refractivity contribution is 0.574. The van der Waals surface area contributed by atoms with Gasteiger partial charge in [-0.15, -0.1) is 0 Å². The highest BCUT2D eigenvalue weighted by atomic mass is 15.2. The van der Waals surface area contributed by atoms with Crippen LogP contribution in [0.5, 0.6) is 0 Å². The molecular formula is C15H19N5. The van der Waals surface area contributed by atoms with Gasteiger partial charge in [-0.2, -0.15) is 9.97 Å². The molecule has 1 aliphatic rings. The van der Waals surface area contributed by atoms with Crippen molar-refractivity contribution in [1.82, 2.24) is 9.97 Å². The van der Waals surface area contributed by atoms with Gasteiger partial charge in [0.05, 0.1) is 5.56 Å². The molecule has 1 fully saturated rings. The van der Waals surface area contributed by atoms with Crippen molar-refractivity contribution in [2.24, 2.45) is 0 Å². The molecule has 20 heavy (non-hydrogen) atoms. The number of hydrogen-bond donors (Lipinski definition) is 2. The standard InChI is InChI=1S/C15H19N5/c16-13-12(11-7-3-1-4-8-11)14(19-15(17)18-13)20-9-5-2-6-10-20/h1,3-4,7-8H,2,5-6,9-10H2,(H4,16,17,18,19). The Balaban J connectivity index is 2.12. The van der Waals surface area contributed by atoms with Crippen LogP contribution in [0.15, 0.2) is 30.3 Å². The summed E-state index contributed by atoms with van der Waals surface area (Å²) in [6.07, 6.45) is 3.63. The molecule has 104 valence electrons. The van der Waals surface area contributed by atoms with Crippen molar-refractivity contribution in [1.29, 1.82) is 0 Å². The first-order valence-corrected chi connectivity index (χ1v) is 6.99. The molecule has 2 heterocycles. The topological polar surface area (TPSA) is 81.1 Å². The summed E-state index contributed by atoms with van der Waals surface area (Å²) < 4.78 is 0. The van der Waals surface area contributed by atoms with Crippen molar-refractivity contribution in [2.75, 3.05) is 29.5 Å². The van der Waals surface area contributed by atoms with Crippen LogP contribution < -0.4 is 16.4 Å². The number of benzene rings is 1. The van der Waals surface area contributed by atoms with E-state index in [4.69, 9.17) is 11.5 Å². The molecule has 5 nitrogen and oxygen atoms in total. The van der Waals surface area contributed by atoms with E-state index >= 15 is 0 Å². The molecule has 0 spiro atoms. The van der Waals surface area contributed by atoms with Gasteiger partial charge in [-0.05, 0) is 24.8 Å². The van der Waals surface area contributed by atoms with Gasteiger partial charge in [0.1, 0.15) is 11.6 Å². The fourth-order valence-electron chi connectivity index (χ4n) is 2.70. The minimum atomic E-state index is 0.239. The Hall–Kier alpha value is -2.30. The maximum atomic E-state index is 6.10. The first-order valence-electron chi connectivity index (χ1n) is 6.99. The van der Waals surface area contributed by atoms with Gasteiger partial charge in [-0.1, -0.05) is 30.3 Å². The number of anilines is 3. The van der Waals surface area contributed by atoms with Crippen LogP contribution in [0.25, 0.3) is 11.1 Å². The average Bonchev–Trinajstić information content (AvgIpc) is 2.48. The molecule has 1 aromatic carbocycles. The summed E-state index contributed by atoms with van der Waals surface area (Å²) in [6, 6.07) is 10.0. The summed E-state index contributed by atoms with van der Waals surface area (Å²) in [5.41, 5.74) is 13.8. The number of rotatable bonds is 2. The third-order valence-corrected chi connectivity index (χ3v) is 3.65. The van der Waals surface area contributed by atoms with Crippen LogP contribution in [0.4, 0.5) is 17.6 Å². The van der Waals surface area contributed by atoms with Crippen LogP contribution in [0.2, 0.25) is 0 Å². The second-order valence-corrected chi connectivity index (χ2v) is 5.08. The Morgan fingerprint density at radius 2 is 1.60 bits per heavy atom. The molecule has 1 aliphatic heterocycles. The predicted molar refractivity (Wildman–Crippen MR) is 82.4 cm³/mol. The van der Waals surface area contributed by atoms with Gasteiger partial charge in [-0.25, -0.2) is 0 Å². The van der Waals surface area contributed by atoms with E-state index in [0.29, 0.717) is 5.82 Å². The maximum Gasteiger partial charge on any atom is 0.223 e. The molecular weight excluding hydrogens is 250 g/mol. The Morgan fingerprint density at radius 1 is 0.900 bits per heavy atom. The average molecular weight is 269 g/mol. The molecule has 3 rings (SSSR count). The van der Waals surface area contributed by atoms with Crippen molar-refractivity contribution < 1.29 is 0 Å². The highest BCUT2D eigenvalue weighted by Crippen LogP contribution is 2.35. The van der Waals surface area contributed by atoms with E-state index in [1.54, 1.807) is 0 Å². The normalized spacial score (nSPS) is 15.3. The maximum absolute atomic E-state index is 6.10. The lowest BCUT2D eigenvalue weighted by Crippen LogP contribution is -2.31. The molecule has 1 saturated heterocycles. The van der Waals surface area contributed by atoms with E-state index < -0.39 is 0 Å². The lowest BCUT2D eigenvalue weighted by atomic mass is 10.0. The van der Waals surface area contributed by atoms with E-state index in [1.807, 2.05) is 30.3 Å². The van der Waals surface area contributed by atoms with Crippen LogP contribution in [0.1, 0.15) is 19.3 Å². The van der Waals surface area contributed by atoms with E-state index in [9.17, 15) is 0 Å². The van der Waals surface area contributed by atoms with E-state index in [0.717, 1.165) is 30.0 Å². The Labute approximate surface area is 118 Å². The van der Waals surface area contributed by atoms with E-state index in [1.165, 1.54) is 19.3 Å². The molecule has 0 atom stereocenters. The Kier molecular flexibility index (Phi) is 3.41. The molecule has 4 N–H and O–H groups in total. The number of nitrogens with two attached hydrogens (primary N) is 2. The number of nitrogens with zero attached hydrogens (tertiary/aromatic N) is 3. The van der Waals surface area contributed by atoms with Crippen molar-refractivity contribution in [3.05, 3.63) is 30.3 Å². The molecule has 0 bridgehead atoms. The molecule has 0 aliphatic carbocycles. The largest absolute Gasteiger partial charge is 0.383 e. The monoisotopic (exact) mass is 269 g/mol. The predicted octanol–water partition coefficient (Wildman–Crippen LogP) is 2.30. The second kappa shape index (κ2) is 5.36. The van der Waals surface area contributed by atoms with Gasteiger partial charge in [0.2, 0.25) is 5.95 Å². The molecule has 0 unspecified atom stereocenters. The fourth-order valence-corrected chi connectivity index (χ4v) is 2.70. The van der Waals surface area contributed by atoms with Crippen LogP contribution in [0.3, 0.4) is 0 Å². The van der Waals surface area contributed by atoms with Gasteiger partial charge in [0.15, 0.2) is 0 Å². The minimum Gasteiger partial charge on any atom is -0.383 e. The van der Waals surface area contributed by atoms with Crippen molar-refractivity contribution in [3.8, 4) is 11.1 Å². The fraction of sp³-hybridized carbons (Fsp3) is 0.333. The zero-order valence-electron chi connectivity index (χ0n) is 11.4. The SMILES string of the molecule is Nc1nc(N)c(-c2ccccc2)c(N2CCCCC2)n1. The summed E-state index contributed by atoms with van der Waals surface area (Å²) in [4.78, 5) is 10.8. The highest BCUT2D eigenvalue weighted by Gasteiger charge is 2.20. The summed E-state index contributed by atoms with van der Waals surface area (Å²) in [5.74, 6) is 1.55. The highest BCUT2D eigenvalue weighted by molar-refractivity contribution is 5.85. The third-order valence-electron chi connectivity index (χ3n) is 3.65. The summed E-state index contributed by atoms with van der Waals surface area (Å²) >= 11 is 0. The van der Waals surface area contributed by atoms with Crippen molar-refractivity contribution >= 4 is 17.6 Å². The van der Waals surface area contributed by atoms with E-state index in [2.05, 4.69) is 14.9 Å². The first kappa shape index (κ1) is 12.7. The second-order valence-electron chi connectivity index (χ2n) is 5.08. The molecule has 5 heteroatoms. The molecule has 0 radical (unpaired) electrons. The van der Waals surface area contributed by atoms with Crippen LogP contribution in [-0.4, -0.2) is 23.1 Å². The van der Waals surface area contributed by atoms with Crippen molar-refractivity contribution in [3.63, 3.8) is 0 Å². The number of piperidine rings is 1. The van der Waals surface area contributed by atoms with Gasteiger partial charge in [0, 0.05) is 13.1 Å². The first-order chi connectivity index (χ1) is 9.75. The van der Waals surface area contributed by atoms with Gasteiger partial charge in [0.25, 0.3) is 0 Å². The van der Waals surface area contributed by atoms with Crippen LogP contribution in [0, 0.1) is 0 Å². The number of aromatic nitrogens is 2. The van der Waals surface area contributed by atoms with Crippen LogP contribution in [-0.2, 0) is 0 Å². The minimum absolute atomic E-state index is 0.239. The molecule has 0 amide bonds. The summed E-state index contributed by atoms with van der Waals surface area (Å²) in [6.45, 7) is 1.99. The molecule has 2 aromatic rings. The van der Waals surface area contributed by atoms with E-state index in [-0.39, 0.29) is 5.95 Å².